The summed E-state index contributed by atoms with van der Waals surface area (Å²) in [4.78, 5) is 25.9. The van der Waals surface area contributed by atoms with Gasteiger partial charge < -0.3 is 10.1 Å². The molecule has 1 N–H and O–H groups in total. The molecule has 0 aromatic heterocycles. The fraction of sp³-hybridized carbons (Fsp3) is 0.500. The van der Waals surface area contributed by atoms with E-state index in [0.29, 0.717) is 19.7 Å². The van der Waals surface area contributed by atoms with Gasteiger partial charge in [0.15, 0.2) is 0 Å². The molecule has 1 aliphatic rings. The highest BCUT2D eigenvalue weighted by molar-refractivity contribution is 14.1. The minimum Gasteiger partial charge on any atom is -0.466 e. The minimum atomic E-state index is -0.148. The van der Waals surface area contributed by atoms with Crippen LogP contribution in [0.3, 0.4) is 0 Å². The molecule has 1 saturated heterocycles. The first-order valence-electron chi connectivity index (χ1n) is 7.53. The van der Waals surface area contributed by atoms with Crippen LogP contribution in [0.5, 0.6) is 0 Å². The maximum atomic E-state index is 12.1. The molecule has 1 atom stereocenters. The van der Waals surface area contributed by atoms with Gasteiger partial charge in [0, 0.05) is 15.8 Å². The first-order chi connectivity index (χ1) is 10.6. The van der Waals surface area contributed by atoms with E-state index in [0.717, 1.165) is 28.6 Å². The van der Waals surface area contributed by atoms with E-state index < -0.39 is 0 Å². The van der Waals surface area contributed by atoms with Gasteiger partial charge in [-0.1, -0.05) is 0 Å². The minimum absolute atomic E-state index is 0.0503. The second-order valence-corrected chi connectivity index (χ2v) is 6.63. The summed E-state index contributed by atoms with van der Waals surface area (Å²) in [5, 5.41) is 2.89. The molecule has 22 heavy (non-hydrogen) atoms. The van der Waals surface area contributed by atoms with Gasteiger partial charge in [0.2, 0.25) is 5.91 Å². The van der Waals surface area contributed by atoms with Crippen LogP contribution in [-0.4, -0.2) is 43.0 Å². The third kappa shape index (κ3) is 5.24. The Balaban J connectivity index is 1.83. The Morgan fingerprint density at radius 1 is 1.36 bits per heavy atom. The van der Waals surface area contributed by atoms with Crippen molar-refractivity contribution in [2.24, 2.45) is 5.92 Å². The first kappa shape index (κ1) is 17.2. The molecule has 0 bridgehead atoms. The third-order valence-corrected chi connectivity index (χ3v) is 4.34. The second kappa shape index (κ2) is 8.47. The molecule has 1 fully saturated rings. The van der Waals surface area contributed by atoms with Gasteiger partial charge in [-0.25, -0.2) is 0 Å². The summed E-state index contributed by atoms with van der Waals surface area (Å²) in [5.41, 5.74) is 0.796. The largest absolute Gasteiger partial charge is 0.466 e. The Morgan fingerprint density at radius 2 is 2.09 bits per heavy atom. The summed E-state index contributed by atoms with van der Waals surface area (Å²) in [6, 6.07) is 7.68. The monoisotopic (exact) mass is 416 g/mol. The van der Waals surface area contributed by atoms with Crippen LogP contribution in [0.2, 0.25) is 0 Å². The molecule has 5 nitrogen and oxygen atoms in total. The molecule has 1 aliphatic heterocycles. The lowest BCUT2D eigenvalue weighted by atomic mass is 9.98. The molecule has 0 spiro atoms. The Hall–Kier alpha value is -1.15. The van der Waals surface area contributed by atoms with Crippen LogP contribution >= 0.6 is 22.6 Å². The number of halogens is 1. The Labute approximate surface area is 144 Å². The van der Waals surface area contributed by atoms with E-state index in [1.54, 1.807) is 0 Å². The van der Waals surface area contributed by atoms with Gasteiger partial charge in [0.25, 0.3) is 0 Å². The lowest BCUT2D eigenvalue weighted by Gasteiger charge is -2.30. The van der Waals surface area contributed by atoms with Gasteiger partial charge in [-0.15, -0.1) is 0 Å². The van der Waals surface area contributed by atoms with Crippen molar-refractivity contribution in [3.05, 3.63) is 27.8 Å². The highest BCUT2D eigenvalue weighted by Gasteiger charge is 2.27. The zero-order chi connectivity index (χ0) is 15.9. The molecule has 0 aliphatic carbocycles. The molecular weight excluding hydrogens is 395 g/mol. The number of hydrogen-bond acceptors (Lipinski definition) is 4. The standard InChI is InChI=1S/C16H21IN2O3/c1-2-22-16(21)12-4-3-9-19(10-12)11-15(20)18-14-7-5-13(17)6-8-14/h5-8,12H,2-4,9-11H2,1H3,(H,18,20). The average molecular weight is 416 g/mol. The van der Waals surface area contributed by atoms with Crippen LogP contribution < -0.4 is 5.32 Å². The highest BCUT2D eigenvalue weighted by Crippen LogP contribution is 2.18. The van der Waals surface area contributed by atoms with Crippen LogP contribution in [-0.2, 0) is 14.3 Å². The predicted octanol–water partition coefficient (Wildman–Crippen LogP) is 2.50. The molecule has 1 heterocycles. The predicted molar refractivity (Wildman–Crippen MR) is 93.6 cm³/mol. The molecule has 6 heteroatoms. The van der Waals surface area contributed by atoms with Crippen LogP contribution in [0.15, 0.2) is 24.3 Å². The first-order valence-corrected chi connectivity index (χ1v) is 8.60. The lowest BCUT2D eigenvalue weighted by Crippen LogP contribution is -2.43. The summed E-state index contributed by atoms with van der Waals surface area (Å²) in [6.45, 7) is 3.96. The number of likely N-dealkylation sites (tertiary alicyclic amines) is 1. The van der Waals surface area contributed by atoms with Crippen molar-refractivity contribution >= 4 is 40.2 Å². The number of nitrogens with zero attached hydrogens (tertiary/aromatic N) is 1. The van der Waals surface area contributed by atoms with E-state index in [9.17, 15) is 9.59 Å². The SMILES string of the molecule is CCOC(=O)C1CCCN(CC(=O)Nc2ccc(I)cc2)C1. The van der Waals surface area contributed by atoms with Crippen LogP contribution in [0.1, 0.15) is 19.8 Å². The quantitative estimate of drug-likeness (QED) is 0.592. The maximum absolute atomic E-state index is 12.1. The number of nitrogens with one attached hydrogen (secondary N) is 1. The number of ether oxygens (including phenoxy) is 1. The van der Waals surface area contributed by atoms with Crippen LogP contribution in [0.25, 0.3) is 0 Å². The number of benzene rings is 1. The highest BCUT2D eigenvalue weighted by atomic mass is 127. The number of piperidine rings is 1. The summed E-state index contributed by atoms with van der Waals surface area (Å²) in [6.07, 6.45) is 1.76. The molecular formula is C16H21IN2O3. The number of carbonyl (C=O) groups excluding carboxylic acids is 2. The molecule has 1 aromatic rings. The topological polar surface area (TPSA) is 58.6 Å². The Kier molecular flexibility index (Phi) is 6.63. The smallest absolute Gasteiger partial charge is 0.310 e. The van der Waals surface area contributed by atoms with E-state index >= 15 is 0 Å². The normalized spacial score (nSPS) is 18.7. The molecule has 2 rings (SSSR count). The van der Waals surface area contributed by atoms with Crippen LogP contribution in [0.4, 0.5) is 5.69 Å². The van der Waals surface area contributed by atoms with Crippen molar-refractivity contribution in [1.29, 1.82) is 0 Å². The van der Waals surface area contributed by atoms with Crippen molar-refractivity contribution in [2.45, 2.75) is 19.8 Å². The van der Waals surface area contributed by atoms with Gasteiger partial charge in [0.1, 0.15) is 0 Å². The Morgan fingerprint density at radius 3 is 2.77 bits per heavy atom. The Bertz CT molecular complexity index is 519. The van der Waals surface area contributed by atoms with Gasteiger partial charge >= 0.3 is 5.97 Å². The fourth-order valence-electron chi connectivity index (χ4n) is 2.59. The number of esters is 1. The average Bonchev–Trinajstić information content (AvgIpc) is 2.50. The van der Waals surface area contributed by atoms with Crippen molar-refractivity contribution in [1.82, 2.24) is 4.90 Å². The van der Waals surface area contributed by atoms with Crippen molar-refractivity contribution in [3.63, 3.8) is 0 Å². The summed E-state index contributed by atoms with van der Waals surface area (Å²) in [7, 11) is 0. The zero-order valence-corrected chi connectivity index (χ0v) is 14.8. The molecule has 1 unspecified atom stereocenters. The summed E-state index contributed by atoms with van der Waals surface area (Å²) < 4.78 is 6.20. The number of carbonyl (C=O) groups is 2. The second-order valence-electron chi connectivity index (χ2n) is 5.38. The van der Waals surface area contributed by atoms with Crippen molar-refractivity contribution in [2.75, 3.05) is 31.6 Å². The fourth-order valence-corrected chi connectivity index (χ4v) is 2.95. The molecule has 0 saturated carbocycles. The molecule has 1 aromatic carbocycles. The van der Waals surface area contributed by atoms with Gasteiger partial charge in [-0.3, -0.25) is 14.5 Å². The molecule has 1 amide bonds. The van der Waals surface area contributed by atoms with Crippen LogP contribution in [0, 0.1) is 9.49 Å². The lowest BCUT2D eigenvalue weighted by molar-refractivity contribution is -0.150. The maximum Gasteiger partial charge on any atom is 0.310 e. The number of rotatable bonds is 5. The number of hydrogen-bond donors (Lipinski definition) is 1. The number of amides is 1. The zero-order valence-electron chi connectivity index (χ0n) is 12.7. The van der Waals surface area contributed by atoms with Gasteiger partial charge in [-0.05, 0) is 73.2 Å². The third-order valence-electron chi connectivity index (χ3n) is 3.62. The van der Waals surface area contributed by atoms with E-state index in [-0.39, 0.29) is 17.8 Å². The summed E-state index contributed by atoms with van der Waals surface area (Å²) >= 11 is 2.22. The van der Waals surface area contributed by atoms with Crippen molar-refractivity contribution in [3.8, 4) is 0 Å². The number of anilines is 1. The van der Waals surface area contributed by atoms with E-state index in [2.05, 4.69) is 27.9 Å². The van der Waals surface area contributed by atoms with Gasteiger partial charge in [-0.2, -0.15) is 0 Å². The van der Waals surface area contributed by atoms with E-state index in [1.165, 1.54) is 0 Å². The van der Waals surface area contributed by atoms with E-state index in [1.807, 2.05) is 36.1 Å². The molecule has 0 radical (unpaired) electrons. The van der Waals surface area contributed by atoms with Gasteiger partial charge in [0.05, 0.1) is 19.1 Å². The summed E-state index contributed by atoms with van der Waals surface area (Å²) in [5.74, 6) is -0.309. The van der Waals surface area contributed by atoms with E-state index in [4.69, 9.17) is 4.74 Å². The van der Waals surface area contributed by atoms with Crippen molar-refractivity contribution < 1.29 is 14.3 Å². The molecule has 120 valence electrons.